The molecule has 1 aliphatic heterocycles. The second-order valence-corrected chi connectivity index (χ2v) is 8.64. The van der Waals surface area contributed by atoms with E-state index in [9.17, 15) is 4.79 Å². The summed E-state index contributed by atoms with van der Waals surface area (Å²) in [7, 11) is 0. The minimum Gasteiger partial charge on any atom is -0.326 e. The quantitative estimate of drug-likeness (QED) is 0.634. The summed E-state index contributed by atoms with van der Waals surface area (Å²) in [5, 5.41) is 5.88. The Balaban J connectivity index is 1.22. The molecular weight excluding hydrogens is 394 g/mol. The van der Waals surface area contributed by atoms with Crippen LogP contribution in [-0.2, 0) is 24.3 Å². The third-order valence-corrected chi connectivity index (χ3v) is 6.11. The van der Waals surface area contributed by atoms with Crippen LogP contribution in [0.1, 0.15) is 22.0 Å². The molecule has 1 N–H and O–H groups in total. The van der Waals surface area contributed by atoms with E-state index in [-0.39, 0.29) is 5.91 Å². The molecule has 30 heavy (non-hydrogen) atoms. The molecule has 0 radical (unpaired) electrons. The zero-order chi connectivity index (χ0) is 20.8. The zero-order valence-corrected chi connectivity index (χ0v) is 18.1. The van der Waals surface area contributed by atoms with Gasteiger partial charge in [-0.2, -0.15) is 0 Å². The van der Waals surface area contributed by atoms with Gasteiger partial charge in [0.2, 0.25) is 5.91 Å². The Labute approximate surface area is 181 Å². The zero-order valence-electron chi connectivity index (χ0n) is 17.3. The molecule has 0 spiro atoms. The number of hydrogen-bond acceptors (Lipinski definition) is 6. The number of amides is 1. The highest BCUT2D eigenvalue weighted by Crippen LogP contribution is 2.16. The predicted molar refractivity (Wildman–Crippen MR) is 120 cm³/mol. The van der Waals surface area contributed by atoms with Crippen molar-refractivity contribution in [2.45, 2.75) is 26.4 Å². The van der Waals surface area contributed by atoms with Crippen LogP contribution in [0.4, 0.5) is 5.69 Å². The van der Waals surface area contributed by atoms with Gasteiger partial charge in [-0.15, -0.1) is 11.3 Å². The van der Waals surface area contributed by atoms with Gasteiger partial charge in [-0.25, -0.2) is 4.98 Å². The Kier molecular flexibility index (Phi) is 6.84. The minimum atomic E-state index is -0.0251. The first-order valence-corrected chi connectivity index (χ1v) is 11.2. The molecule has 1 amide bonds. The topological polar surface area (TPSA) is 61.4 Å². The Morgan fingerprint density at radius 1 is 1.00 bits per heavy atom. The van der Waals surface area contributed by atoms with Crippen LogP contribution in [0.5, 0.6) is 0 Å². The number of piperazine rings is 1. The molecule has 2 aromatic heterocycles. The third kappa shape index (κ3) is 5.95. The van der Waals surface area contributed by atoms with Crippen molar-refractivity contribution in [2.24, 2.45) is 0 Å². The summed E-state index contributed by atoms with van der Waals surface area (Å²) in [4.78, 5) is 26.3. The van der Waals surface area contributed by atoms with Crippen molar-refractivity contribution in [3.05, 3.63) is 76.0 Å². The van der Waals surface area contributed by atoms with Crippen LogP contribution in [0.25, 0.3) is 0 Å². The second-order valence-electron chi connectivity index (χ2n) is 7.70. The van der Waals surface area contributed by atoms with Gasteiger partial charge in [-0.3, -0.25) is 19.6 Å². The molecule has 1 aliphatic rings. The maximum Gasteiger partial charge on any atom is 0.231 e. The number of rotatable bonds is 7. The number of thiazole rings is 1. The molecule has 0 saturated carbocycles. The number of aromatic nitrogens is 2. The Hall–Kier alpha value is -2.61. The first-order valence-electron chi connectivity index (χ1n) is 10.3. The first-order chi connectivity index (χ1) is 14.6. The number of pyridine rings is 1. The van der Waals surface area contributed by atoms with Gasteiger partial charge in [-0.1, -0.05) is 23.8 Å². The third-order valence-electron chi connectivity index (χ3n) is 5.21. The Morgan fingerprint density at radius 3 is 2.37 bits per heavy atom. The van der Waals surface area contributed by atoms with E-state index >= 15 is 0 Å². The van der Waals surface area contributed by atoms with Crippen molar-refractivity contribution < 1.29 is 4.79 Å². The summed E-state index contributed by atoms with van der Waals surface area (Å²) in [6, 6.07) is 13.9. The van der Waals surface area contributed by atoms with Crippen molar-refractivity contribution in [3.63, 3.8) is 0 Å². The smallest absolute Gasteiger partial charge is 0.231 e. The van der Waals surface area contributed by atoms with Crippen LogP contribution in [0, 0.1) is 6.92 Å². The van der Waals surface area contributed by atoms with E-state index in [0.29, 0.717) is 6.42 Å². The van der Waals surface area contributed by atoms with Gasteiger partial charge >= 0.3 is 0 Å². The van der Waals surface area contributed by atoms with Gasteiger partial charge in [0.05, 0.1) is 17.8 Å². The lowest BCUT2D eigenvalue weighted by Gasteiger charge is -2.34. The summed E-state index contributed by atoms with van der Waals surface area (Å²) < 4.78 is 0. The number of nitrogens with one attached hydrogen (secondary N) is 1. The van der Waals surface area contributed by atoms with Crippen LogP contribution in [-0.4, -0.2) is 51.9 Å². The highest BCUT2D eigenvalue weighted by molar-refractivity contribution is 7.09. The maximum absolute atomic E-state index is 12.3. The molecule has 3 aromatic rings. The average Bonchev–Trinajstić information content (AvgIpc) is 3.18. The lowest BCUT2D eigenvalue weighted by Crippen LogP contribution is -2.45. The summed E-state index contributed by atoms with van der Waals surface area (Å²) in [5.74, 6) is -0.0251. The number of carbonyl (C=O) groups is 1. The summed E-state index contributed by atoms with van der Waals surface area (Å²) in [5.41, 5.74) is 4.18. The SMILES string of the molecule is Cc1ccc(NC(=O)Cc2nc(CN3CCN(Cc4ccccn4)CC3)cs2)cc1. The van der Waals surface area contributed by atoms with Gasteiger partial charge < -0.3 is 5.32 Å². The fraction of sp³-hybridized carbons (Fsp3) is 0.348. The first kappa shape index (κ1) is 20.7. The normalized spacial score (nSPS) is 15.2. The highest BCUT2D eigenvalue weighted by Gasteiger charge is 2.18. The van der Waals surface area contributed by atoms with E-state index in [1.165, 1.54) is 5.56 Å². The van der Waals surface area contributed by atoms with Gasteiger partial charge in [0.1, 0.15) is 5.01 Å². The van der Waals surface area contributed by atoms with E-state index in [1.807, 2.05) is 49.5 Å². The fourth-order valence-electron chi connectivity index (χ4n) is 3.54. The standard InChI is InChI=1S/C23H27N5OS/c1-18-5-7-19(8-6-18)25-22(29)14-23-26-21(17-30-23)16-28-12-10-27(11-13-28)15-20-4-2-3-9-24-20/h2-9,17H,10-16H2,1H3,(H,25,29). The largest absolute Gasteiger partial charge is 0.326 e. The summed E-state index contributed by atoms with van der Waals surface area (Å²) in [6.07, 6.45) is 2.17. The molecule has 0 bridgehead atoms. The molecule has 0 aliphatic carbocycles. The van der Waals surface area contributed by atoms with E-state index in [1.54, 1.807) is 11.3 Å². The Morgan fingerprint density at radius 2 is 1.70 bits per heavy atom. The molecule has 4 rings (SSSR count). The monoisotopic (exact) mass is 421 g/mol. The molecule has 1 fully saturated rings. The highest BCUT2D eigenvalue weighted by atomic mass is 32.1. The number of nitrogens with zero attached hydrogens (tertiary/aromatic N) is 4. The van der Waals surface area contributed by atoms with Crippen molar-refractivity contribution in [1.29, 1.82) is 0 Å². The van der Waals surface area contributed by atoms with Crippen LogP contribution < -0.4 is 5.32 Å². The van der Waals surface area contributed by atoms with Crippen LogP contribution >= 0.6 is 11.3 Å². The number of hydrogen-bond donors (Lipinski definition) is 1. The maximum atomic E-state index is 12.3. The van der Waals surface area contributed by atoms with E-state index in [2.05, 4.69) is 36.5 Å². The van der Waals surface area contributed by atoms with Crippen LogP contribution in [0.2, 0.25) is 0 Å². The molecule has 1 aromatic carbocycles. The summed E-state index contributed by atoms with van der Waals surface area (Å²) >= 11 is 1.56. The summed E-state index contributed by atoms with van der Waals surface area (Å²) in [6.45, 7) is 7.89. The lowest BCUT2D eigenvalue weighted by molar-refractivity contribution is -0.115. The number of carbonyl (C=O) groups excluding carboxylic acids is 1. The molecule has 6 nitrogen and oxygen atoms in total. The average molecular weight is 422 g/mol. The van der Waals surface area contributed by atoms with Crippen molar-refractivity contribution in [1.82, 2.24) is 19.8 Å². The number of aryl methyl sites for hydroxylation is 1. The van der Waals surface area contributed by atoms with Gasteiger partial charge in [-0.05, 0) is 31.2 Å². The van der Waals surface area contributed by atoms with Crippen molar-refractivity contribution in [3.8, 4) is 0 Å². The van der Waals surface area contributed by atoms with E-state index in [4.69, 9.17) is 0 Å². The molecule has 7 heteroatoms. The number of benzene rings is 1. The van der Waals surface area contributed by atoms with Gasteiger partial charge in [0, 0.05) is 56.5 Å². The molecule has 1 saturated heterocycles. The molecule has 3 heterocycles. The lowest BCUT2D eigenvalue weighted by atomic mass is 10.2. The van der Waals surface area contributed by atoms with Crippen LogP contribution in [0.3, 0.4) is 0 Å². The van der Waals surface area contributed by atoms with Crippen LogP contribution in [0.15, 0.2) is 54.0 Å². The molecule has 156 valence electrons. The predicted octanol–water partition coefficient (Wildman–Crippen LogP) is 3.35. The van der Waals surface area contributed by atoms with Gasteiger partial charge in [0.15, 0.2) is 0 Å². The van der Waals surface area contributed by atoms with E-state index in [0.717, 1.165) is 61.4 Å². The molecule has 0 unspecified atom stereocenters. The second kappa shape index (κ2) is 9.93. The molecule has 0 atom stereocenters. The fourth-order valence-corrected chi connectivity index (χ4v) is 4.32. The van der Waals surface area contributed by atoms with Crippen molar-refractivity contribution >= 4 is 22.9 Å². The van der Waals surface area contributed by atoms with E-state index < -0.39 is 0 Å². The molecular formula is C23H27N5OS. The number of anilines is 1. The minimum absolute atomic E-state index is 0.0251. The van der Waals surface area contributed by atoms with Crippen molar-refractivity contribution in [2.75, 3.05) is 31.5 Å². The Bertz CT molecular complexity index is 949. The van der Waals surface area contributed by atoms with Gasteiger partial charge in [0.25, 0.3) is 0 Å².